The Hall–Kier alpha value is -2.27. The molecule has 4 fully saturated rings. The molecule has 1 aliphatic heterocycles. The highest BCUT2D eigenvalue weighted by atomic mass is 19.1. The molecule has 8 nitrogen and oxygen atoms in total. The molecule has 1 heterocycles. The summed E-state index contributed by atoms with van der Waals surface area (Å²) < 4.78 is 52.6. The Morgan fingerprint density at radius 1 is 1.19 bits per heavy atom. The molecular formula is C37H52F2O8. The maximum absolute atomic E-state index is 17.7. The fraction of sp³-hybridized carbons (Fsp3) is 0.757. The molecule has 0 aromatic carbocycles. The number of allylic oxidation sites excluding steroid dienone is 5. The number of fused-ring (bicyclic) bond motifs is 7. The van der Waals surface area contributed by atoms with Gasteiger partial charge in [-0.3, -0.25) is 14.4 Å². The van der Waals surface area contributed by atoms with E-state index >= 15 is 8.78 Å². The van der Waals surface area contributed by atoms with Crippen molar-refractivity contribution >= 4 is 17.3 Å². The minimum atomic E-state index is -2.29. The topological polar surface area (TPSA) is 119 Å². The van der Waals surface area contributed by atoms with Crippen molar-refractivity contribution in [3.05, 3.63) is 36.1 Å². The number of aliphatic hydroxyl groups is 2. The molecule has 12 atom stereocenters. The van der Waals surface area contributed by atoms with Gasteiger partial charge in [0.05, 0.1) is 24.6 Å². The third-order valence-electron chi connectivity index (χ3n) is 12.2. The van der Waals surface area contributed by atoms with Crippen molar-refractivity contribution in [1.82, 2.24) is 0 Å². The summed E-state index contributed by atoms with van der Waals surface area (Å²) in [5.74, 6) is -2.93. The first-order chi connectivity index (χ1) is 22.0. The summed E-state index contributed by atoms with van der Waals surface area (Å²) >= 11 is 0. The Kier molecular flexibility index (Phi) is 9.87. The van der Waals surface area contributed by atoms with E-state index in [0.717, 1.165) is 12.5 Å². The van der Waals surface area contributed by atoms with Crippen LogP contribution in [0.25, 0.3) is 0 Å². The highest BCUT2D eigenvalue weighted by molar-refractivity contribution is 6.01. The van der Waals surface area contributed by atoms with Crippen molar-refractivity contribution in [1.29, 1.82) is 0 Å². The van der Waals surface area contributed by atoms with Crippen molar-refractivity contribution in [2.75, 3.05) is 13.2 Å². The van der Waals surface area contributed by atoms with Gasteiger partial charge in [-0.25, -0.2) is 8.78 Å². The number of hydrogen-bond acceptors (Lipinski definition) is 8. The molecule has 3 saturated carbocycles. The Morgan fingerprint density at radius 3 is 2.53 bits per heavy atom. The number of rotatable bonds is 13. The second-order valence-corrected chi connectivity index (χ2v) is 15.6. The van der Waals surface area contributed by atoms with E-state index in [4.69, 9.17) is 14.2 Å². The molecule has 10 heteroatoms. The van der Waals surface area contributed by atoms with Gasteiger partial charge in [-0.15, -0.1) is 0 Å². The lowest BCUT2D eigenvalue weighted by Crippen LogP contribution is -2.71. The molecule has 47 heavy (non-hydrogen) atoms. The molecule has 5 aliphatic rings. The Labute approximate surface area is 277 Å². The van der Waals surface area contributed by atoms with Crippen LogP contribution < -0.4 is 0 Å². The predicted molar refractivity (Wildman–Crippen MR) is 170 cm³/mol. The molecule has 0 radical (unpaired) electrons. The quantitative estimate of drug-likeness (QED) is 0.247. The molecule has 0 aromatic rings. The maximum atomic E-state index is 17.7. The van der Waals surface area contributed by atoms with Gasteiger partial charge >= 0.3 is 0 Å². The van der Waals surface area contributed by atoms with Crippen LogP contribution in [-0.4, -0.2) is 76.7 Å². The van der Waals surface area contributed by atoms with Crippen molar-refractivity contribution < 1.29 is 47.6 Å². The van der Waals surface area contributed by atoms with Crippen LogP contribution in [0.4, 0.5) is 8.78 Å². The number of ketones is 3. The van der Waals surface area contributed by atoms with Crippen molar-refractivity contribution in [3.8, 4) is 0 Å². The summed E-state index contributed by atoms with van der Waals surface area (Å²) in [5.41, 5.74) is -6.50. The van der Waals surface area contributed by atoms with Gasteiger partial charge in [-0.05, 0) is 68.6 Å². The van der Waals surface area contributed by atoms with E-state index in [1.807, 2.05) is 27.7 Å². The lowest BCUT2D eigenvalue weighted by Gasteiger charge is -2.63. The largest absolute Gasteiger partial charge is 0.490 e. The summed E-state index contributed by atoms with van der Waals surface area (Å²) in [6, 6.07) is 0. The molecule has 5 rings (SSSR count). The summed E-state index contributed by atoms with van der Waals surface area (Å²) in [5, 5.41) is 21.3. The van der Waals surface area contributed by atoms with E-state index in [1.54, 1.807) is 13.8 Å². The lowest BCUT2D eigenvalue weighted by molar-refractivity contribution is -0.234. The smallest absolute Gasteiger partial charge is 0.205 e. The molecule has 2 N–H and O–H groups in total. The fourth-order valence-corrected chi connectivity index (χ4v) is 9.71. The minimum Gasteiger partial charge on any atom is -0.490 e. The third kappa shape index (κ3) is 5.49. The maximum Gasteiger partial charge on any atom is 0.205 e. The number of Topliss-reactive ketones (excluding diaryl/α,β-unsaturated/α-hetero) is 2. The van der Waals surface area contributed by atoms with E-state index < -0.39 is 82.7 Å². The Morgan fingerprint density at radius 2 is 1.89 bits per heavy atom. The molecule has 0 aromatic heterocycles. The van der Waals surface area contributed by atoms with E-state index in [9.17, 15) is 24.6 Å². The second-order valence-electron chi connectivity index (χ2n) is 15.6. The molecule has 4 aliphatic carbocycles. The first-order valence-corrected chi connectivity index (χ1v) is 17.3. The number of carbonyl (C=O) groups is 3. The highest BCUT2D eigenvalue weighted by Gasteiger charge is 2.80. The average molecular weight is 663 g/mol. The monoisotopic (exact) mass is 662 g/mol. The summed E-state index contributed by atoms with van der Waals surface area (Å²) in [4.78, 5) is 39.5. The number of ether oxygens (including phenoxy) is 3. The van der Waals surface area contributed by atoms with Crippen LogP contribution >= 0.6 is 0 Å². The van der Waals surface area contributed by atoms with Crippen LogP contribution in [0.5, 0.6) is 0 Å². The zero-order valence-electron chi connectivity index (χ0n) is 28.6. The van der Waals surface area contributed by atoms with Crippen molar-refractivity contribution in [2.45, 2.75) is 122 Å². The second kappa shape index (κ2) is 12.9. The predicted octanol–water partition coefficient (Wildman–Crippen LogP) is 5.54. The van der Waals surface area contributed by atoms with Crippen LogP contribution in [0.1, 0.15) is 86.5 Å². The molecular weight excluding hydrogens is 610 g/mol. The van der Waals surface area contributed by atoms with Gasteiger partial charge in [-0.1, -0.05) is 53.7 Å². The van der Waals surface area contributed by atoms with Crippen LogP contribution in [0.3, 0.4) is 0 Å². The summed E-state index contributed by atoms with van der Waals surface area (Å²) in [7, 11) is 0. The number of carbonyl (C=O) groups excluding carboxylic acids is 3. The van der Waals surface area contributed by atoms with Gasteiger partial charge < -0.3 is 24.4 Å². The molecule has 0 bridgehead atoms. The number of alkyl halides is 2. The van der Waals surface area contributed by atoms with E-state index in [2.05, 4.69) is 6.58 Å². The molecule has 1 saturated heterocycles. The zero-order valence-corrected chi connectivity index (χ0v) is 28.6. The first kappa shape index (κ1) is 36.0. The lowest BCUT2D eigenvalue weighted by atomic mass is 9.44. The van der Waals surface area contributed by atoms with Crippen molar-refractivity contribution in [2.24, 2.45) is 40.4 Å². The molecule has 0 amide bonds. The van der Waals surface area contributed by atoms with Gasteiger partial charge in [0.1, 0.15) is 18.6 Å². The van der Waals surface area contributed by atoms with Gasteiger partial charge in [0, 0.05) is 35.0 Å². The van der Waals surface area contributed by atoms with Crippen LogP contribution in [0.2, 0.25) is 0 Å². The number of hydrogen-bond donors (Lipinski definition) is 2. The SMILES string of the molecule is C=C(OCC(=O)[C@@]12OC(CCC)O[C@@H]1C[C@H]1[C@@H]3C[C@H](F)C4=CC(=O)C=C[C@]4(C)[C@@]3(F)[C@@H](O)C[C@@]12C)[C@@H](CC(=O)[C@@H](C)CO)CC(C)C. The van der Waals surface area contributed by atoms with E-state index in [1.165, 1.54) is 12.2 Å². The van der Waals surface area contributed by atoms with Gasteiger partial charge in [0.15, 0.2) is 23.3 Å². The third-order valence-corrected chi connectivity index (χ3v) is 12.2. The Balaban J connectivity index is 1.46. The van der Waals surface area contributed by atoms with E-state index in [-0.39, 0.29) is 61.2 Å². The first-order valence-electron chi connectivity index (χ1n) is 17.3. The van der Waals surface area contributed by atoms with Crippen LogP contribution in [0, 0.1) is 40.4 Å². The summed E-state index contributed by atoms with van der Waals surface area (Å²) in [6.45, 7) is 14.4. The highest BCUT2D eigenvalue weighted by Crippen LogP contribution is 2.72. The normalized spacial score (nSPS) is 41.8. The average Bonchev–Trinajstić information content (AvgIpc) is 3.49. The fourth-order valence-electron chi connectivity index (χ4n) is 9.71. The van der Waals surface area contributed by atoms with Gasteiger partial charge in [0.2, 0.25) is 5.78 Å². The molecule has 0 spiro atoms. The molecule has 262 valence electrons. The zero-order chi connectivity index (χ0) is 34.7. The summed E-state index contributed by atoms with van der Waals surface area (Å²) in [6.07, 6.45) is 0.986. The van der Waals surface area contributed by atoms with Gasteiger partial charge in [0.25, 0.3) is 0 Å². The van der Waals surface area contributed by atoms with Crippen LogP contribution in [-0.2, 0) is 28.6 Å². The van der Waals surface area contributed by atoms with E-state index in [0.29, 0.717) is 12.8 Å². The van der Waals surface area contributed by atoms with Crippen molar-refractivity contribution in [3.63, 3.8) is 0 Å². The molecule has 1 unspecified atom stereocenters. The number of halogens is 2. The standard InChI is InChI=1S/C37H52F2O8/c1-8-9-33-46-32-16-25-26-15-28(38)27-14-24(41)10-11-34(27,6)36(26,39)30(43)17-35(25,7)37(32,47-33)31(44)19-45-22(5)23(12-20(2)3)13-29(42)21(4)18-40/h10-11,14,20-21,23,25-26,28,30,32-33,40,43H,5,8-9,12-13,15-19H2,1-4,6-7H3/t21-,23+,25-,26-,28-,30-,32+,33?,34-,35-,36-,37+/m0/s1. The minimum absolute atomic E-state index is 0.0422. The Bertz CT molecular complexity index is 1340. The van der Waals surface area contributed by atoms with Gasteiger partial charge in [-0.2, -0.15) is 0 Å². The van der Waals surface area contributed by atoms with Crippen LogP contribution in [0.15, 0.2) is 36.1 Å². The number of aliphatic hydroxyl groups excluding tert-OH is 2.